The first-order valence-electron chi connectivity index (χ1n) is 16.2. The molecular formula is C33H51NO7. The van der Waals surface area contributed by atoms with E-state index in [2.05, 4.69) is 32.2 Å². The van der Waals surface area contributed by atoms with Gasteiger partial charge >= 0.3 is 5.97 Å². The summed E-state index contributed by atoms with van der Waals surface area (Å²) in [6, 6.07) is -0.560. The third-order valence-corrected chi connectivity index (χ3v) is 8.83. The van der Waals surface area contributed by atoms with Crippen molar-refractivity contribution in [1.82, 2.24) is 5.32 Å². The van der Waals surface area contributed by atoms with Crippen molar-refractivity contribution in [3.63, 3.8) is 0 Å². The Morgan fingerprint density at radius 3 is 2.22 bits per heavy atom. The highest BCUT2D eigenvalue weighted by molar-refractivity contribution is 5.95. The second-order valence-electron chi connectivity index (χ2n) is 12.5. The SMILES string of the molecule is CCCCCCCCCC(=O)OC1OC2(CC1NC(=O)/C=C/C(C)=C/C(C)CCCCCC)C1OC1C(=O)C1OC12. The average molecular weight is 574 g/mol. The zero-order chi connectivity index (χ0) is 29.4. The Morgan fingerprint density at radius 1 is 0.951 bits per heavy atom. The topological polar surface area (TPSA) is 107 Å². The number of carbonyl (C=O) groups excluding carboxylic acids is 3. The summed E-state index contributed by atoms with van der Waals surface area (Å²) in [7, 11) is 0. The van der Waals surface area contributed by atoms with Crippen LogP contribution in [0.2, 0.25) is 0 Å². The van der Waals surface area contributed by atoms with Crippen LogP contribution in [0.3, 0.4) is 0 Å². The molecule has 7 unspecified atom stereocenters. The van der Waals surface area contributed by atoms with E-state index in [-0.39, 0.29) is 17.7 Å². The van der Waals surface area contributed by atoms with Crippen LogP contribution < -0.4 is 5.32 Å². The fourth-order valence-corrected chi connectivity index (χ4v) is 6.44. The number of carbonyl (C=O) groups is 3. The Kier molecular flexibility index (Phi) is 11.6. The third kappa shape index (κ3) is 8.51. The average Bonchev–Trinajstić information content (AvgIpc) is 3.86. The number of ketones is 1. The van der Waals surface area contributed by atoms with Crippen molar-refractivity contribution in [1.29, 1.82) is 0 Å². The molecule has 0 bridgehead atoms. The Labute approximate surface area is 246 Å². The molecule has 8 nitrogen and oxygen atoms in total. The molecule has 41 heavy (non-hydrogen) atoms. The van der Waals surface area contributed by atoms with Crippen LogP contribution in [0.4, 0.5) is 0 Å². The maximum atomic E-state index is 13.0. The molecule has 8 heteroatoms. The normalized spacial score (nSPS) is 32.6. The van der Waals surface area contributed by atoms with Crippen molar-refractivity contribution in [2.75, 3.05) is 0 Å². The summed E-state index contributed by atoms with van der Waals surface area (Å²) in [5.41, 5.74) is 0.146. The van der Waals surface area contributed by atoms with Crippen LogP contribution in [0, 0.1) is 5.92 Å². The molecule has 3 saturated heterocycles. The molecule has 1 spiro atoms. The first-order chi connectivity index (χ1) is 19.8. The fraction of sp³-hybridized carbons (Fsp3) is 0.788. The van der Waals surface area contributed by atoms with Crippen molar-refractivity contribution in [2.24, 2.45) is 5.92 Å². The number of hydrogen-bond donors (Lipinski definition) is 1. The lowest BCUT2D eigenvalue weighted by molar-refractivity contribution is -0.197. The lowest BCUT2D eigenvalue weighted by atomic mass is 9.81. The number of rotatable bonds is 18. The summed E-state index contributed by atoms with van der Waals surface area (Å²) in [5, 5.41) is 3.00. The van der Waals surface area contributed by atoms with Crippen LogP contribution in [-0.4, -0.2) is 60.0 Å². The Bertz CT molecular complexity index is 955. The number of amides is 1. The van der Waals surface area contributed by atoms with Gasteiger partial charge in [0.05, 0.1) is 6.04 Å². The number of Topliss-reactive ketones (excluding diaryl/α,β-unsaturated/α-hetero) is 1. The summed E-state index contributed by atoms with van der Waals surface area (Å²) in [6.07, 6.45) is 17.2. The molecule has 7 atom stereocenters. The van der Waals surface area contributed by atoms with E-state index in [1.54, 1.807) is 0 Å². The van der Waals surface area contributed by atoms with E-state index in [1.165, 1.54) is 57.4 Å². The summed E-state index contributed by atoms with van der Waals surface area (Å²) >= 11 is 0. The lowest BCUT2D eigenvalue weighted by Gasteiger charge is -2.27. The van der Waals surface area contributed by atoms with Gasteiger partial charge in [0.2, 0.25) is 12.2 Å². The number of epoxide rings is 2. The quantitative estimate of drug-likeness (QED) is 0.0719. The van der Waals surface area contributed by atoms with Crippen LogP contribution >= 0.6 is 0 Å². The van der Waals surface area contributed by atoms with Gasteiger partial charge in [-0.05, 0) is 25.7 Å². The van der Waals surface area contributed by atoms with Crippen LogP contribution in [0.5, 0.6) is 0 Å². The highest BCUT2D eigenvalue weighted by Gasteiger charge is 2.79. The maximum Gasteiger partial charge on any atom is 0.308 e. The zero-order valence-corrected chi connectivity index (χ0v) is 25.5. The smallest absolute Gasteiger partial charge is 0.308 e. The van der Waals surface area contributed by atoms with Crippen LogP contribution in [-0.2, 0) is 33.3 Å². The van der Waals surface area contributed by atoms with E-state index in [0.717, 1.165) is 31.3 Å². The first-order valence-corrected chi connectivity index (χ1v) is 16.2. The Morgan fingerprint density at radius 2 is 1.56 bits per heavy atom. The molecule has 0 aromatic carbocycles. The number of esters is 1. The van der Waals surface area contributed by atoms with Crippen LogP contribution in [0.25, 0.3) is 0 Å². The van der Waals surface area contributed by atoms with E-state index in [4.69, 9.17) is 18.9 Å². The van der Waals surface area contributed by atoms with Crippen LogP contribution in [0.1, 0.15) is 118 Å². The van der Waals surface area contributed by atoms with Crippen molar-refractivity contribution < 1.29 is 33.3 Å². The predicted octanol–water partition coefficient (Wildman–Crippen LogP) is 5.87. The summed E-state index contributed by atoms with van der Waals surface area (Å²) in [4.78, 5) is 38.0. The molecule has 1 amide bonds. The minimum absolute atomic E-state index is 0.0426. The summed E-state index contributed by atoms with van der Waals surface area (Å²) in [5.74, 6) is -0.204. The third-order valence-electron chi connectivity index (χ3n) is 8.83. The van der Waals surface area contributed by atoms with E-state index in [1.807, 2.05) is 13.0 Å². The van der Waals surface area contributed by atoms with Gasteiger partial charge in [0.15, 0.2) is 5.78 Å². The minimum Gasteiger partial charge on any atom is -0.433 e. The van der Waals surface area contributed by atoms with Gasteiger partial charge in [0.25, 0.3) is 0 Å². The number of hydrogen-bond acceptors (Lipinski definition) is 7. The van der Waals surface area contributed by atoms with Crippen molar-refractivity contribution in [3.8, 4) is 0 Å². The molecule has 4 fully saturated rings. The molecule has 1 saturated carbocycles. The molecule has 1 N–H and O–H groups in total. The van der Waals surface area contributed by atoms with Crippen molar-refractivity contribution in [3.05, 3.63) is 23.8 Å². The summed E-state index contributed by atoms with van der Waals surface area (Å²) in [6.45, 7) is 8.62. The molecule has 0 radical (unpaired) electrons. The zero-order valence-electron chi connectivity index (χ0n) is 25.5. The molecule has 4 rings (SSSR count). The van der Waals surface area contributed by atoms with Gasteiger partial charge in [-0.2, -0.15) is 0 Å². The molecule has 230 valence electrons. The standard InChI is InChI=1S/C33H51NO7/c1-5-7-9-11-12-13-15-17-26(36)38-32-24(21-33(41-32)30-28(39-30)27(37)29-31(33)40-29)34-25(35)19-18-23(4)20-22(3)16-14-10-8-6-2/h18-20,22,24,28-32H,5-17,21H2,1-4H3,(H,34,35)/b19-18+,23-20+. The number of allylic oxidation sites excluding steroid dienone is 3. The largest absolute Gasteiger partial charge is 0.433 e. The molecule has 3 aliphatic heterocycles. The molecule has 0 aromatic rings. The molecule has 0 aromatic heterocycles. The molecule has 3 heterocycles. The lowest BCUT2D eigenvalue weighted by Crippen LogP contribution is -2.49. The maximum absolute atomic E-state index is 13.0. The number of fused-ring (bicyclic) bond motifs is 4. The number of ether oxygens (including phenoxy) is 4. The predicted molar refractivity (Wildman–Crippen MR) is 156 cm³/mol. The number of nitrogens with one attached hydrogen (secondary N) is 1. The van der Waals surface area contributed by atoms with Gasteiger partial charge in [-0.25, -0.2) is 0 Å². The van der Waals surface area contributed by atoms with Gasteiger partial charge in [-0.3, -0.25) is 14.4 Å². The van der Waals surface area contributed by atoms with E-state index in [9.17, 15) is 14.4 Å². The first kappa shape index (κ1) is 31.9. The fourth-order valence-electron chi connectivity index (χ4n) is 6.44. The number of unbranched alkanes of at least 4 members (excludes halogenated alkanes) is 9. The van der Waals surface area contributed by atoms with Gasteiger partial charge in [0.1, 0.15) is 30.0 Å². The second-order valence-corrected chi connectivity index (χ2v) is 12.5. The minimum atomic E-state index is -0.952. The van der Waals surface area contributed by atoms with E-state index < -0.39 is 42.3 Å². The highest BCUT2D eigenvalue weighted by Crippen LogP contribution is 2.57. The Balaban J connectivity index is 1.31. The molecular weight excluding hydrogens is 522 g/mol. The monoisotopic (exact) mass is 573 g/mol. The van der Waals surface area contributed by atoms with Gasteiger partial charge in [-0.15, -0.1) is 0 Å². The van der Waals surface area contributed by atoms with Gasteiger partial charge in [-0.1, -0.05) is 103 Å². The second kappa shape index (κ2) is 14.9. The van der Waals surface area contributed by atoms with Gasteiger partial charge in [0, 0.05) is 18.9 Å². The molecule has 4 aliphatic rings. The van der Waals surface area contributed by atoms with Crippen molar-refractivity contribution >= 4 is 17.7 Å². The van der Waals surface area contributed by atoms with E-state index in [0.29, 0.717) is 18.8 Å². The van der Waals surface area contributed by atoms with Crippen LogP contribution in [0.15, 0.2) is 23.8 Å². The van der Waals surface area contributed by atoms with E-state index >= 15 is 0 Å². The van der Waals surface area contributed by atoms with Crippen molar-refractivity contribution in [2.45, 2.75) is 160 Å². The Hall–Kier alpha value is -2.03. The molecule has 1 aliphatic carbocycles. The highest BCUT2D eigenvalue weighted by atomic mass is 16.8. The summed E-state index contributed by atoms with van der Waals surface area (Å²) < 4.78 is 23.5. The van der Waals surface area contributed by atoms with Gasteiger partial charge < -0.3 is 24.3 Å².